The summed E-state index contributed by atoms with van der Waals surface area (Å²) in [5.41, 5.74) is 4.68. The molecule has 0 unspecified atom stereocenters. The van der Waals surface area contributed by atoms with Crippen LogP contribution in [0.25, 0.3) is 0 Å². The number of rotatable bonds is 2. The molecule has 0 aromatic heterocycles. The second-order valence-electron chi connectivity index (χ2n) is 3.72. The number of aromatic carboxylic acids is 1. The first kappa shape index (κ1) is 15.5. The van der Waals surface area contributed by atoms with Gasteiger partial charge in [-0.15, -0.1) is 10.5 Å². The van der Waals surface area contributed by atoms with Crippen molar-refractivity contribution < 1.29 is 44.3 Å². The van der Waals surface area contributed by atoms with Gasteiger partial charge in [0.15, 0.2) is 5.84 Å². The van der Waals surface area contributed by atoms with E-state index in [1.54, 1.807) is 12.1 Å². The van der Waals surface area contributed by atoms with Crippen LogP contribution < -0.4 is 40.1 Å². The zero-order valence-corrected chi connectivity index (χ0v) is 12.8. The topological polar surface area (TPSA) is 90.1 Å². The summed E-state index contributed by atoms with van der Waals surface area (Å²) in [6.45, 7) is 0. The molecule has 0 saturated carbocycles. The maximum Gasteiger partial charge on any atom is 1.00 e. The minimum absolute atomic E-state index is 0. The molecule has 0 bridgehead atoms. The molecule has 0 saturated heterocycles. The standard InChI is InChI=1S/C11H11N4O3.Na/c1-14-11(18)15(2)13-9(12-14)7-3-5-8(6-4-7)10(16)17;/h3-6H,1-2H3,(H,16,17);/q;+1/p-1. The van der Waals surface area contributed by atoms with E-state index in [2.05, 4.69) is 10.5 Å². The fourth-order valence-corrected chi connectivity index (χ4v) is 1.47. The van der Waals surface area contributed by atoms with Gasteiger partial charge >= 0.3 is 35.6 Å². The smallest absolute Gasteiger partial charge is 0.545 e. The molecule has 0 fully saturated rings. The number of carbonyl (C=O) groups is 2. The summed E-state index contributed by atoms with van der Waals surface area (Å²) < 4.78 is 0. The third-order valence-corrected chi connectivity index (χ3v) is 2.42. The third-order valence-electron chi connectivity index (χ3n) is 2.42. The number of carboxylic acids is 1. The molecule has 19 heavy (non-hydrogen) atoms. The Morgan fingerprint density at radius 2 is 1.74 bits per heavy atom. The Balaban J connectivity index is 0.00000180. The Kier molecular flexibility index (Phi) is 4.93. The molecule has 0 atom stereocenters. The summed E-state index contributed by atoms with van der Waals surface area (Å²) in [7, 11) is 3.03. The predicted octanol–water partition coefficient (Wildman–Crippen LogP) is -3.77. The van der Waals surface area contributed by atoms with Crippen LogP contribution >= 0.6 is 0 Å². The summed E-state index contributed by atoms with van der Waals surface area (Å²) in [5.74, 6) is -0.905. The molecule has 1 aromatic carbocycles. The minimum Gasteiger partial charge on any atom is -0.545 e. The number of hydrogen-bond acceptors (Lipinski definition) is 4. The monoisotopic (exact) mass is 269 g/mol. The largest absolute Gasteiger partial charge is 1.00 e. The van der Waals surface area contributed by atoms with Crippen molar-refractivity contribution in [2.45, 2.75) is 0 Å². The number of hydrazone groups is 1. The van der Waals surface area contributed by atoms with Gasteiger partial charge in [-0.3, -0.25) is 0 Å². The van der Waals surface area contributed by atoms with Crippen molar-refractivity contribution in [3.63, 3.8) is 0 Å². The summed E-state index contributed by atoms with van der Waals surface area (Å²) >= 11 is 0. The van der Waals surface area contributed by atoms with Crippen LogP contribution in [0.2, 0.25) is 0 Å². The second-order valence-corrected chi connectivity index (χ2v) is 3.72. The molecule has 1 radical (unpaired) electrons. The maximum atomic E-state index is 11.4. The van der Waals surface area contributed by atoms with Gasteiger partial charge in [-0.25, -0.2) is 14.8 Å². The number of carboxylic acid groups (broad SMARTS) is 1. The fraction of sp³-hybridized carbons (Fsp3) is 0.182. The molecule has 7 nitrogen and oxygen atoms in total. The van der Waals surface area contributed by atoms with Gasteiger partial charge in [-0.1, -0.05) is 24.3 Å². The molecule has 1 heterocycles. The maximum absolute atomic E-state index is 11.4. The molecule has 8 heteroatoms. The van der Waals surface area contributed by atoms with Crippen LogP contribution in [-0.2, 0) is 0 Å². The van der Waals surface area contributed by atoms with Crippen LogP contribution in [0.4, 0.5) is 4.79 Å². The molecule has 0 spiro atoms. The third kappa shape index (κ3) is 3.25. The van der Waals surface area contributed by atoms with Crippen LogP contribution in [0.5, 0.6) is 0 Å². The molecule has 1 aliphatic rings. The van der Waals surface area contributed by atoms with E-state index < -0.39 is 5.97 Å². The van der Waals surface area contributed by atoms with Crippen molar-refractivity contribution in [3.8, 4) is 0 Å². The molecular formula is C11H10N4NaO3. The van der Waals surface area contributed by atoms with E-state index in [1.807, 2.05) is 0 Å². The Hall–Kier alpha value is -1.57. The van der Waals surface area contributed by atoms with Crippen molar-refractivity contribution in [1.82, 2.24) is 15.4 Å². The number of urea groups is 1. The van der Waals surface area contributed by atoms with E-state index in [4.69, 9.17) is 0 Å². The Morgan fingerprint density at radius 1 is 1.16 bits per heavy atom. The van der Waals surface area contributed by atoms with Gasteiger partial charge in [-0.05, 0) is 5.56 Å². The van der Waals surface area contributed by atoms with Gasteiger partial charge in [0.2, 0.25) is 0 Å². The van der Waals surface area contributed by atoms with Gasteiger partial charge in [0.25, 0.3) is 0 Å². The summed E-state index contributed by atoms with van der Waals surface area (Å²) in [5, 5.41) is 16.9. The molecule has 93 valence electrons. The van der Waals surface area contributed by atoms with Crippen molar-refractivity contribution in [1.29, 1.82) is 0 Å². The van der Waals surface area contributed by atoms with Gasteiger partial charge in [0.05, 0.1) is 5.97 Å². The quantitative estimate of drug-likeness (QED) is 0.516. The van der Waals surface area contributed by atoms with Crippen LogP contribution in [0, 0.1) is 0 Å². The minimum atomic E-state index is -1.24. The molecule has 2 rings (SSSR count). The number of carbonyl (C=O) groups excluding carboxylic acids is 2. The molecule has 1 aliphatic heterocycles. The molecule has 0 aliphatic carbocycles. The van der Waals surface area contributed by atoms with Crippen molar-refractivity contribution in [2.24, 2.45) is 5.10 Å². The van der Waals surface area contributed by atoms with E-state index >= 15 is 0 Å². The number of amidine groups is 1. The molecule has 1 aromatic rings. The average Bonchev–Trinajstić information content (AvgIpc) is 2.35. The van der Waals surface area contributed by atoms with E-state index in [1.165, 1.54) is 26.2 Å². The van der Waals surface area contributed by atoms with Crippen LogP contribution in [0.1, 0.15) is 15.9 Å². The average molecular weight is 269 g/mol. The van der Waals surface area contributed by atoms with E-state index in [-0.39, 0.29) is 41.2 Å². The first-order valence-corrected chi connectivity index (χ1v) is 5.12. The van der Waals surface area contributed by atoms with E-state index in [0.717, 1.165) is 10.0 Å². The normalized spacial score (nSPS) is 14.4. The summed E-state index contributed by atoms with van der Waals surface area (Å²) in [6.07, 6.45) is 0. The van der Waals surface area contributed by atoms with Gasteiger partial charge in [0.1, 0.15) is 0 Å². The van der Waals surface area contributed by atoms with E-state index in [9.17, 15) is 14.7 Å². The first-order valence-electron chi connectivity index (χ1n) is 5.12. The second kappa shape index (κ2) is 6.05. The number of benzene rings is 1. The zero-order chi connectivity index (χ0) is 13.3. The zero-order valence-electron chi connectivity index (χ0n) is 10.8. The fourth-order valence-electron chi connectivity index (χ4n) is 1.47. The van der Waals surface area contributed by atoms with Crippen molar-refractivity contribution in [3.05, 3.63) is 35.4 Å². The molecule has 0 N–H and O–H groups in total. The SMILES string of the molecule is CN1[N]C(c2ccc(C(=O)[O-])cc2)=NN(C)C1=O.[Na+]. The Labute approximate surface area is 132 Å². The van der Waals surface area contributed by atoms with Crippen molar-refractivity contribution >= 4 is 17.8 Å². The van der Waals surface area contributed by atoms with Crippen molar-refractivity contribution in [2.75, 3.05) is 14.1 Å². The van der Waals surface area contributed by atoms with E-state index in [0.29, 0.717) is 11.4 Å². The summed E-state index contributed by atoms with van der Waals surface area (Å²) in [4.78, 5) is 22.0. The van der Waals surface area contributed by atoms with Gasteiger partial charge < -0.3 is 9.90 Å². The first-order chi connectivity index (χ1) is 8.49. The molecular weight excluding hydrogens is 259 g/mol. The Bertz CT molecular complexity index is 529. The molecule has 2 amide bonds. The van der Waals surface area contributed by atoms with Crippen LogP contribution in [0.3, 0.4) is 0 Å². The Morgan fingerprint density at radius 3 is 2.21 bits per heavy atom. The van der Waals surface area contributed by atoms with Gasteiger partial charge in [0, 0.05) is 19.7 Å². The number of amides is 2. The van der Waals surface area contributed by atoms with Gasteiger partial charge in [-0.2, -0.15) is 0 Å². The van der Waals surface area contributed by atoms with Crippen LogP contribution in [0.15, 0.2) is 29.4 Å². The summed E-state index contributed by atoms with van der Waals surface area (Å²) in [6, 6.07) is 5.58. The predicted molar refractivity (Wildman–Crippen MR) is 60.4 cm³/mol. The number of hydrogen-bond donors (Lipinski definition) is 0. The van der Waals surface area contributed by atoms with Crippen LogP contribution in [-0.4, -0.2) is 41.9 Å². The number of nitrogens with zero attached hydrogens (tertiary/aromatic N) is 4.